The molecular weight excluding hydrogens is 452 g/mol. The van der Waals surface area contributed by atoms with Crippen LogP contribution in [0.15, 0.2) is 54.6 Å². The van der Waals surface area contributed by atoms with Crippen LogP contribution in [-0.4, -0.2) is 50.7 Å². The Hall–Kier alpha value is -4.27. The van der Waals surface area contributed by atoms with E-state index in [0.29, 0.717) is 47.1 Å². The minimum absolute atomic E-state index is 0.0476. The number of carbonyl (C=O) groups excluding carboxylic acids is 1. The number of non-ortho nitro benzene ring substituents is 1. The van der Waals surface area contributed by atoms with Gasteiger partial charge in [0.1, 0.15) is 0 Å². The Morgan fingerprint density at radius 2 is 1.54 bits per heavy atom. The molecule has 4 rings (SSSR count). The summed E-state index contributed by atoms with van der Waals surface area (Å²) in [5, 5.41) is 11.5. The Morgan fingerprint density at radius 1 is 0.886 bits per heavy atom. The number of ether oxygens (including phenoxy) is 4. The molecule has 1 heterocycles. The van der Waals surface area contributed by atoms with Crippen LogP contribution in [0.2, 0.25) is 0 Å². The third-order valence-corrected chi connectivity index (χ3v) is 6.16. The first-order valence-electron chi connectivity index (χ1n) is 10.9. The van der Waals surface area contributed by atoms with E-state index in [4.69, 9.17) is 18.9 Å². The predicted octanol–water partition coefficient (Wildman–Crippen LogP) is 4.42. The molecule has 0 aromatic heterocycles. The molecule has 3 aromatic rings. The van der Waals surface area contributed by atoms with Gasteiger partial charge in [-0.25, -0.2) is 0 Å². The minimum Gasteiger partial charge on any atom is -0.493 e. The van der Waals surface area contributed by atoms with Crippen LogP contribution in [0.25, 0.3) is 0 Å². The van der Waals surface area contributed by atoms with Crippen LogP contribution < -0.4 is 18.9 Å². The van der Waals surface area contributed by atoms with E-state index >= 15 is 0 Å². The molecule has 0 spiro atoms. The van der Waals surface area contributed by atoms with Crippen molar-refractivity contribution in [1.29, 1.82) is 0 Å². The molecule has 0 N–H and O–H groups in total. The molecule has 182 valence electrons. The topological polar surface area (TPSA) is 100 Å². The molecule has 1 aliphatic heterocycles. The molecule has 0 fully saturated rings. The Labute approximate surface area is 202 Å². The van der Waals surface area contributed by atoms with E-state index < -0.39 is 11.0 Å². The lowest BCUT2D eigenvalue weighted by molar-refractivity contribution is -0.384. The number of amides is 1. The Kier molecular flexibility index (Phi) is 6.77. The van der Waals surface area contributed by atoms with E-state index in [2.05, 4.69) is 0 Å². The van der Waals surface area contributed by atoms with Crippen molar-refractivity contribution in [3.63, 3.8) is 0 Å². The van der Waals surface area contributed by atoms with Crippen LogP contribution in [0.5, 0.6) is 23.0 Å². The third kappa shape index (κ3) is 4.44. The highest BCUT2D eigenvalue weighted by Crippen LogP contribution is 2.42. The van der Waals surface area contributed by atoms with Gasteiger partial charge >= 0.3 is 0 Å². The number of methoxy groups -OCH3 is 4. The second-order valence-electron chi connectivity index (χ2n) is 7.98. The molecule has 9 nitrogen and oxygen atoms in total. The van der Waals surface area contributed by atoms with Crippen molar-refractivity contribution in [3.05, 3.63) is 87.0 Å². The largest absolute Gasteiger partial charge is 0.493 e. The average molecular weight is 479 g/mol. The Bertz CT molecular complexity index is 1270. The fourth-order valence-electron chi connectivity index (χ4n) is 4.47. The molecule has 3 aromatic carbocycles. The summed E-state index contributed by atoms with van der Waals surface area (Å²) in [5.74, 6) is 1.82. The molecule has 0 aliphatic carbocycles. The number of nitro benzene ring substituents is 1. The second kappa shape index (κ2) is 9.92. The predicted molar refractivity (Wildman–Crippen MR) is 129 cm³/mol. The van der Waals surface area contributed by atoms with E-state index in [0.717, 1.165) is 11.1 Å². The Balaban J connectivity index is 1.86. The lowest BCUT2D eigenvalue weighted by Gasteiger charge is -2.38. The molecule has 1 atom stereocenters. The monoisotopic (exact) mass is 478 g/mol. The van der Waals surface area contributed by atoms with Gasteiger partial charge in [0, 0.05) is 24.2 Å². The molecule has 35 heavy (non-hydrogen) atoms. The fourth-order valence-corrected chi connectivity index (χ4v) is 4.47. The van der Waals surface area contributed by atoms with Gasteiger partial charge in [-0.3, -0.25) is 14.9 Å². The fraction of sp³-hybridized carbons (Fsp3) is 0.269. The highest BCUT2D eigenvalue weighted by atomic mass is 16.6. The molecule has 1 aliphatic rings. The van der Waals surface area contributed by atoms with Gasteiger partial charge in [0.05, 0.1) is 39.4 Å². The number of hydrogen-bond acceptors (Lipinski definition) is 7. The summed E-state index contributed by atoms with van der Waals surface area (Å²) in [6.07, 6.45) is 0.583. The van der Waals surface area contributed by atoms with Crippen LogP contribution in [-0.2, 0) is 6.42 Å². The van der Waals surface area contributed by atoms with Crippen LogP contribution in [0.4, 0.5) is 5.69 Å². The third-order valence-electron chi connectivity index (χ3n) is 6.16. The zero-order valence-electron chi connectivity index (χ0n) is 19.9. The maximum atomic E-state index is 13.8. The molecular formula is C26H26N2O7. The van der Waals surface area contributed by atoms with E-state index in [1.165, 1.54) is 26.4 Å². The number of rotatable bonds is 7. The quantitative estimate of drug-likeness (QED) is 0.366. The van der Waals surface area contributed by atoms with Gasteiger partial charge in [-0.15, -0.1) is 0 Å². The normalized spacial score (nSPS) is 14.6. The summed E-state index contributed by atoms with van der Waals surface area (Å²) in [7, 11) is 6.15. The van der Waals surface area contributed by atoms with Crippen molar-refractivity contribution in [3.8, 4) is 23.0 Å². The first kappa shape index (κ1) is 23.9. The molecule has 0 bridgehead atoms. The number of benzene rings is 3. The summed E-state index contributed by atoms with van der Waals surface area (Å²) in [5.41, 5.74) is 2.80. The summed E-state index contributed by atoms with van der Waals surface area (Å²) in [4.78, 5) is 26.6. The number of carbonyl (C=O) groups is 1. The van der Waals surface area contributed by atoms with Crippen molar-refractivity contribution in [2.24, 2.45) is 0 Å². The maximum absolute atomic E-state index is 13.8. The molecule has 0 radical (unpaired) electrons. The van der Waals surface area contributed by atoms with Gasteiger partial charge < -0.3 is 23.8 Å². The van der Waals surface area contributed by atoms with Gasteiger partial charge in [-0.05, 0) is 53.4 Å². The van der Waals surface area contributed by atoms with Crippen LogP contribution in [0, 0.1) is 10.1 Å². The summed E-state index contributed by atoms with van der Waals surface area (Å²) in [6, 6.07) is 14.5. The summed E-state index contributed by atoms with van der Waals surface area (Å²) in [6.45, 7) is 0.406. The van der Waals surface area contributed by atoms with Gasteiger partial charge in [0.15, 0.2) is 23.0 Å². The van der Waals surface area contributed by atoms with Gasteiger partial charge in [0.2, 0.25) is 0 Å². The number of hydrogen-bond donors (Lipinski definition) is 0. The first-order chi connectivity index (χ1) is 16.9. The number of nitrogens with zero attached hydrogens (tertiary/aromatic N) is 2. The van der Waals surface area contributed by atoms with E-state index in [1.54, 1.807) is 49.5 Å². The van der Waals surface area contributed by atoms with E-state index in [9.17, 15) is 14.9 Å². The number of nitro groups is 1. The highest BCUT2D eigenvalue weighted by molar-refractivity contribution is 5.95. The number of fused-ring (bicyclic) bond motifs is 1. The average Bonchev–Trinajstić information content (AvgIpc) is 2.90. The zero-order chi connectivity index (χ0) is 25.1. The lowest BCUT2D eigenvalue weighted by atomic mass is 9.87. The summed E-state index contributed by atoms with van der Waals surface area (Å²) < 4.78 is 21.7. The van der Waals surface area contributed by atoms with Crippen LogP contribution in [0.3, 0.4) is 0 Å². The highest BCUT2D eigenvalue weighted by Gasteiger charge is 2.34. The summed E-state index contributed by atoms with van der Waals surface area (Å²) >= 11 is 0. The van der Waals surface area contributed by atoms with Gasteiger partial charge in [0.25, 0.3) is 11.6 Å². The standard InChI is InChI=1S/C26H26N2O7/c1-32-21-9-8-18(14-22(21)33-2)26(29)27-11-10-16-13-23(34-3)24(35-4)15-20(16)25(27)17-6-5-7-19(12-17)28(30)31/h5-9,12-15,25H,10-11H2,1-4H3/t25-/m1/s1. The molecule has 9 heteroatoms. The van der Waals surface area contributed by atoms with E-state index in [1.807, 2.05) is 12.1 Å². The van der Waals surface area contributed by atoms with Crippen molar-refractivity contribution < 1.29 is 28.7 Å². The second-order valence-corrected chi connectivity index (χ2v) is 7.98. The van der Waals surface area contributed by atoms with Crippen molar-refractivity contribution >= 4 is 11.6 Å². The van der Waals surface area contributed by atoms with Crippen molar-refractivity contribution in [2.75, 3.05) is 35.0 Å². The zero-order valence-corrected chi connectivity index (χ0v) is 19.9. The minimum atomic E-state index is -0.570. The molecule has 0 saturated heterocycles. The molecule has 0 unspecified atom stereocenters. The first-order valence-corrected chi connectivity index (χ1v) is 10.9. The van der Waals surface area contributed by atoms with Crippen molar-refractivity contribution in [2.45, 2.75) is 12.5 Å². The SMILES string of the molecule is COc1ccc(C(=O)N2CCc3cc(OC)c(OC)cc3[C@H]2c2cccc([N+](=O)[O-])c2)cc1OC. The maximum Gasteiger partial charge on any atom is 0.269 e. The molecule has 1 amide bonds. The smallest absolute Gasteiger partial charge is 0.269 e. The van der Waals surface area contributed by atoms with Gasteiger partial charge in [-0.1, -0.05) is 12.1 Å². The van der Waals surface area contributed by atoms with Crippen LogP contribution in [0.1, 0.15) is 33.1 Å². The lowest BCUT2D eigenvalue weighted by Crippen LogP contribution is -2.40. The van der Waals surface area contributed by atoms with Gasteiger partial charge in [-0.2, -0.15) is 0 Å². The van der Waals surface area contributed by atoms with E-state index in [-0.39, 0.29) is 11.6 Å². The Morgan fingerprint density at radius 3 is 2.20 bits per heavy atom. The van der Waals surface area contributed by atoms with Crippen molar-refractivity contribution in [1.82, 2.24) is 4.90 Å². The van der Waals surface area contributed by atoms with Crippen LogP contribution >= 0.6 is 0 Å². The molecule has 0 saturated carbocycles.